The Kier molecular flexibility index (Phi) is 8.59. The first-order valence-electron chi connectivity index (χ1n) is 13.9. The second-order valence-corrected chi connectivity index (χ2v) is 13.5. The van der Waals surface area contributed by atoms with Crippen molar-refractivity contribution >= 4 is 29.0 Å². The molecule has 1 fully saturated rings. The van der Waals surface area contributed by atoms with Gasteiger partial charge in [0.15, 0.2) is 6.10 Å². The number of rotatable bonds is 5. The predicted molar refractivity (Wildman–Crippen MR) is 161 cm³/mol. The van der Waals surface area contributed by atoms with Crippen LogP contribution in [0, 0.1) is 0 Å². The molecule has 1 aromatic heterocycles. The van der Waals surface area contributed by atoms with Gasteiger partial charge in [-0.1, -0.05) is 59.7 Å². The zero-order chi connectivity index (χ0) is 29.2. The lowest BCUT2D eigenvalue weighted by Crippen LogP contribution is -2.44. The number of anilines is 1. The molecular formula is C32H41N3O4S. The Labute approximate surface area is 241 Å². The van der Waals surface area contributed by atoms with E-state index in [4.69, 9.17) is 9.72 Å². The van der Waals surface area contributed by atoms with Gasteiger partial charge in [-0.05, 0) is 54.9 Å². The molecule has 8 heteroatoms. The monoisotopic (exact) mass is 563 g/mol. The lowest BCUT2D eigenvalue weighted by molar-refractivity contribution is -0.140. The van der Waals surface area contributed by atoms with Crippen molar-refractivity contribution in [2.24, 2.45) is 0 Å². The van der Waals surface area contributed by atoms with Crippen LogP contribution < -0.4 is 5.32 Å². The second kappa shape index (κ2) is 11.6. The minimum atomic E-state index is -0.866. The molecule has 0 saturated carbocycles. The summed E-state index contributed by atoms with van der Waals surface area (Å²) in [6, 6.07) is 13.2. The van der Waals surface area contributed by atoms with Crippen LogP contribution in [-0.2, 0) is 20.4 Å². The van der Waals surface area contributed by atoms with Gasteiger partial charge in [-0.3, -0.25) is 10.1 Å². The van der Waals surface area contributed by atoms with Crippen molar-refractivity contribution in [2.75, 3.05) is 18.4 Å². The zero-order valence-corrected chi connectivity index (χ0v) is 25.4. The maximum Gasteiger partial charge on any atom is 0.412 e. The molecule has 0 bridgehead atoms. The third-order valence-electron chi connectivity index (χ3n) is 7.35. The first-order chi connectivity index (χ1) is 18.7. The number of likely N-dealkylation sites (tertiary alicyclic amines) is 1. The molecule has 2 aromatic carbocycles. The minimum absolute atomic E-state index is 0.185. The molecule has 7 nitrogen and oxygen atoms in total. The third kappa shape index (κ3) is 6.84. The average Bonchev–Trinajstić information content (AvgIpc) is 3.38. The van der Waals surface area contributed by atoms with Crippen LogP contribution in [0.3, 0.4) is 0 Å². The number of piperidine rings is 1. The summed E-state index contributed by atoms with van der Waals surface area (Å²) in [7, 11) is 0. The second-order valence-electron chi connectivity index (χ2n) is 12.6. The molecule has 4 rings (SSSR count). The van der Waals surface area contributed by atoms with Crippen molar-refractivity contribution in [1.82, 2.24) is 9.88 Å². The van der Waals surface area contributed by atoms with E-state index in [1.54, 1.807) is 35.3 Å². The molecule has 1 aliphatic heterocycles. The molecule has 40 heavy (non-hydrogen) atoms. The van der Waals surface area contributed by atoms with E-state index in [2.05, 4.69) is 64.4 Å². The van der Waals surface area contributed by atoms with Crippen molar-refractivity contribution < 1.29 is 19.4 Å². The number of carbonyl (C=O) groups excluding carboxylic acids is 2. The summed E-state index contributed by atoms with van der Waals surface area (Å²) in [5.74, 6) is 0.448. The first-order valence-corrected chi connectivity index (χ1v) is 14.8. The maximum absolute atomic E-state index is 13.0. The number of nitrogens with one attached hydrogen (secondary N) is 1. The highest BCUT2D eigenvalue weighted by atomic mass is 32.1. The number of hydrogen-bond acceptors (Lipinski definition) is 6. The van der Waals surface area contributed by atoms with Gasteiger partial charge in [0, 0.05) is 46.8 Å². The van der Waals surface area contributed by atoms with E-state index in [1.165, 1.54) is 0 Å². The molecule has 1 aliphatic rings. The SMILES string of the molecule is CC(OC(=O)Nc1ccccc1)C(=O)N1CCC(c2nc(-c3cc(C(C)(C)C)c(O)c(C(C)(C)C)c3)cs2)CC1. The van der Waals surface area contributed by atoms with Crippen LogP contribution >= 0.6 is 11.3 Å². The number of hydrogen-bond donors (Lipinski definition) is 2. The summed E-state index contributed by atoms with van der Waals surface area (Å²) < 4.78 is 5.34. The fourth-order valence-electron chi connectivity index (χ4n) is 5.02. The Morgan fingerprint density at radius 2 is 1.60 bits per heavy atom. The van der Waals surface area contributed by atoms with Crippen LogP contribution in [0.1, 0.15) is 83.4 Å². The van der Waals surface area contributed by atoms with Crippen LogP contribution in [0.4, 0.5) is 10.5 Å². The number of amides is 2. The molecule has 0 spiro atoms. The number of phenolic OH excluding ortho intramolecular Hbond substituents is 1. The fourth-order valence-corrected chi connectivity index (χ4v) is 6.02. The number of nitrogens with zero attached hydrogens (tertiary/aromatic N) is 2. The first kappa shape index (κ1) is 29.6. The van der Waals surface area contributed by atoms with Crippen molar-refractivity contribution in [2.45, 2.75) is 84.2 Å². The van der Waals surface area contributed by atoms with Crippen molar-refractivity contribution in [3.05, 3.63) is 64.0 Å². The van der Waals surface area contributed by atoms with Crippen molar-refractivity contribution in [3.63, 3.8) is 0 Å². The third-order valence-corrected chi connectivity index (χ3v) is 8.36. The van der Waals surface area contributed by atoms with Crippen molar-refractivity contribution in [3.8, 4) is 17.0 Å². The van der Waals surface area contributed by atoms with E-state index in [0.29, 0.717) is 24.5 Å². The molecule has 1 saturated heterocycles. The van der Waals surface area contributed by atoms with Crippen LogP contribution in [0.15, 0.2) is 47.8 Å². The van der Waals surface area contributed by atoms with E-state index < -0.39 is 12.2 Å². The number of ether oxygens (including phenoxy) is 1. The number of aromatic hydroxyl groups is 1. The summed E-state index contributed by atoms with van der Waals surface area (Å²) >= 11 is 1.65. The Morgan fingerprint density at radius 1 is 1.02 bits per heavy atom. The van der Waals surface area contributed by atoms with E-state index in [9.17, 15) is 14.7 Å². The van der Waals surface area contributed by atoms with Crippen LogP contribution in [0.5, 0.6) is 5.75 Å². The molecule has 2 heterocycles. The smallest absolute Gasteiger partial charge is 0.412 e. The molecule has 0 aliphatic carbocycles. The molecule has 2 amide bonds. The topological polar surface area (TPSA) is 91.8 Å². The zero-order valence-electron chi connectivity index (χ0n) is 24.6. The van der Waals surface area contributed by atoms with Gasteiger partial charge >= 0.3 is 6.09 Å². The minimum Gasteiger partial charge on any atom is -0.507 e. The normalized spacial score (nSPS) is 15.5. The highest BCUT2D eigenvalue weighted by Crippen LogP contribution is 2.42. The van der Waals surface area contributed by atoms with Crippen LogP contribution in [0.25, 0.3) is 11.3 Å². The summed E-state index contributed by atoms with van der Waals surface area (Å²) in [4.78, 5) is 32.0. The van der Waals surface area contributed by atoms with Crippen LogP contribution in [-0.4, -0.2) is 46.2 Å². The van der Waals surface area contributed by atoms with Gasteiger partial charge in [-0.15, -0.1) is 11.3 Å². The summed E-state index contributed by atoms with van der Waals surface area (Å²) in [6.45, 7) is 15.5. The highest BCUT2D eigenvalue weighted by molar-refractivity contribution is 7.10. The number of thiazole rings is 1. The summed E-state index contributed by atoms with van der Waals surface area (Å²) in [6.07, 6.45) is 0.0982. The van der Waals surface area contributed by atoms with Crippen molar-refractivity contribution in [1.29, 1.82) is 0 Å². The molecule has 0 radical (unpaired) electrons. The van der Waals surface area contributed by atoms with Gasteiger partial charge < -0.3 is 14.7 Å². The van der Waals surface area contributed by atoms with Gasteiger partial charge in [0.2, 0.25) is 0 Å². The molecule has 1 unspecified atom stereocenters. The Bertz CT molecular complexity index is 1310. The number of para-hydroxylation sites is 1. The van der Waals surface area contributed by atoms with E-state index >= 15 is 0 Å². The number of benzene rings is 2. The summed E-state index contributed by atoms with van der Waals surface area (Å²) in [5, 5.41) is 16.9. The fraction of sp³-hybridized carbons (Fsp3) is 0.469. The molecule has 3 aromatic rings. The van der Waals surface area contributed by atoms with Gasteiger partial charge in [0.1, 0.15) is 5.75 Å². The van der Waals surface area contributed by atoms with Gasteiger partial charge in [0.05, 0.1) is 10.7 Å². The Hall–Kier alpha value is -3.39. The molecule has 214 valence electrons. The van der Waals surface area contributed by atoms with Gasteiger partial charge in [-0.2, -0.15) is 0 Å². The number of aromatic nitrogens is 1. The molecule has 1 atom stereocenters. The molecule has 2 N–H and O–H groups in total. The van der Waals surface area contributed by atoms with Crippen LogP contribution in [0.2, 0.25) is 0 Å². The lowest BCUT2D eigenvalue weighted by Gasteiger charge is -2.32. The van der Waals surface area contributed by atoms with E-state index in [1.807, 2.05) is 18.2 Å². The Morgan fingerprint density at radius 3 is 2.15 bits per heavy atom. The quantitative estimate of drug-likeness (QED) is 0.336. The van der Waals surface area contributed by atoms with E-state index in [-0.39, 0.29) is 22.7 Å². The van der Waals surface area contributed by atoms with Gasteiger partial charge in [0.25, 0.3) is 5.91 Å². The number of phenols is 1. The predicted octanol–water partition coefficient (Wildman–Crippen LogP) is 7.45. The highest BCUT2D eigenvalue weighted by Gasteiger charge is 2.31. The maximum atomic E-state index is 13.0. The number of carbonyl (C=O) groups is 2. The Balaban J connectivity index is 1.40. The van der Waals surface area contributed by atoms with Gasteiger partial charge in [-0.25, -0.2) is 9.78 Å². The molecular weight excluding hydrogens is 522 g/mol. The lowest BCUT2D eigenvalue weighted by atomic mass is 9.78. The standard InChI is InChI=1S/C32H41N3O4S/c1-20(39-30(38)33-23-11-9-8-10-12-23)29(37)35-15-13-21(14-16-35)28-34-26(19-40-28)22-17-24(31(2,3)4)27(36)25(18-22)32(5,6)7/h8-12,17-21,36H,13-16H2,1-7H3,(H,33,38). The average molecular weight is 564 g/mol. The largest absolute Gasteiger partial charge is 0.507 e. The van der Waals surface area contributed by atoms with E-state index in [0.717, 1.165) is 40.2 Å². The summed E-state index contributed by atoms with van der Waals surface area (Å²) in [5.41, 5.74) is 3.98.